The van der Waals surface area contributed by atoms with Crippen LogP contribution in [-0.2, 0) is 21.1 Å². The summed E-state index contributed by atoms with van der Waals surface area (Å²) in [4.78, 5) is 24.9. The van der Waals surface area contributed by atoms with E-state index in [0.717, 1.165) is 49.7 Å². The van der Waals surface area contributed by atoms with Crippen molar-refractivity contribution in [3.8, 4) is 0 Å². The first-order valence-electron chi connectivity index (χ1n) is 11.9. The molecule has 1 N–H and O–H groups in total. The van der Waals surface area contributed by atoms with Crippen molar-refractivity contribution in [3.63, 3.8) is 0 Å². The Morgan fingerprint density at radius 3 is 2.74 bits per heavy atom. The highest BCUT2D eigenvalue weighted by atomic mass is 32.2. The van der Waals surface area contributed by atoms with Crippen LogP contribution < -0.4 is 10.2 Å². The zero-order valence-corrected chi connectivity index (χ0v) is 20.4. The SMILES string of the molecule is Cc1nc(N2CCC[C@@H](C(=O)N[C@@H]3CCCc4ccccc43)C2)nc2cc(S(C)(=O)=O)ccc12. The van der Waals surface area contributed by atoms with Gasteiger partial charge in [0.15, 0.2) is 9.84 Å². The van der Waals surface area contributed by atoms with Crippen molar-refractivity contribution in [1.82, 2.24) is 15.3 Å². The number of carbonyl (C=O) groups is 1. The Kier molecular flexibility index (Phi) is 6.02. The minimum atomic E-state index is -3.33. The molecule has 1 fully saturated rings. The summed E-state index contributed by atoms with van der Waals surface area (Å²) in [6, 6.07) is 13.4. The average Bonchev–Trinajstić information content (AvgIpc) is 2.83. The molecule has 178 valence electrons. The van der Waals surface area contributed by atoms with Gasteiger partial charge in [-0.3, -0.25) is 4.79 Å². The summed E-state index contributed by atoms with van der Waals surface area (Å²) in [5.41, 5.74) is 3.98. The van der Waals surface area contributed by atoms with Crippen molar-refractivity contribution in [3.05, 3.63) is 59.3 Å². The van der Waals surface area contributed by atoms with Crippen LogP contribution in [0.1, 0.15) is 48.5 Å². The number of aryl methyl sites for hydroxylation is 2. The largest absolute Gasteiger partial charge is 0.349 e. The summed E-state index contributed by atoms with van der Waals surface area (Å²) in [6.45, 7) is 3.23. The van der Waals surface area contributed by atoms with E-state index in [4.69, 9.17) is 4.98 Å². The monoisotopic (exact) mass is 478 g/mol. The van der Waals surface area contributed by atoms with Crippen molar-refractivity contribution in [1.29, 1.82) is 0 Å². The fraction of sp³-hybridized carbons (Fsp3) is 0.423. The molecule has 1 aliphatic heterocycles. The first-order valence-corrected chi connectivity index (χ1v) is 13.8. The average molecular weight is 479 g/mol. The van der Waals surface area contributed by atoms with Gasteiger partial charge < -0.3 is 10.2 Å². The third-order valence-corrected chi connectivity index (χ3v) is 8.15. The lowest BCUT2D eigenvalue weighted by atomic mass is 9.87. The molecule has 0 saturated carbocycles. The maximum absolute atomic E-state index is 13.2. The van der Waals surface area contributed by atoms with E-state index < -0.39 is 9.84 Å². The molecule has 0 bridgehead atoms. The Bertz CT molecular complexity index is 1360. The molecular weight excluding hydrogens is 448 g/mol. The minimum Gasteiger partial charge on any atom is -0.349 e. The second-order valence-corrected chi connectivity index (χ2v) is 11.5. The molecule has 1 aromatic heterocycles. The van der Waals surface area contributed by atoms with Crippen LogP contribution in [0.2, 0.25) is 0 Å². The van der Waals surface area contributed by atoms with Crippen LogP contribution in [0.4, 0.5) is 5.95 Å². The first kappa shape index (κ1) is 22.8. The number of nitrogens with zero attached hydrogens (tertiary/aromatic N) is 3. The van der Waals surface area contributed by atoms with Gasteiger partial charge in [-0.05, 0) is 68.4 Å². The molecule has 2 aliphatic rings. The Morgan fingerprint density at radius 1 is 1.09 bits per heavy atom. The van der Waals surface area contributed by atoms with Crippen LogP contribution in [0.25, 0.3) is 10.9 Å². The lowest BCUT2D eigenvalue weighted by Gasteiger charge is -2.34. The summed E-state index contributed by atoms with van der Waals surface area (Å²) in [6.07, 6.45) is 6.03. The zero-order chi connectivity index (χ0) is 23.9. The predicted octanol–water partition coefficient (Wildman–Crippen LogP) is 3.75. The summed E-state index contributed by atoms with van der Waals surface area (Å²) in [5, 5.41) is 4.14. The minimum absolute atomic E-state index is 0.0707. The Balaban J connectivity index is 1.35. The van der Waals surface area contributed by atoms with Gasteiger partial charge in [0.05, 0.1) is 28.1 Å². The summed E-state index contributed by atoms with van der Waals surface area (Å²) in [7, 11) is -3.33. The predicted molar refractivity (Wildman–Crippen MR) is 133 cm³/mol. The quantitative estimate of drug-likeness (QED) is 0.614. The van der Waals surface area contributed by atoms with Gasteiger partial charge in [0.25, 0.3) is 0 Å². The zero-order valence-electron chi connectivity index (χ0n) is 19.6. The molecule has 0 radical (unpaired) electrons. The lowest BCUT2D eigenvalue weighted by molar-refractivity contribution is -0.126. The molecule has 0 spiro atoms. The molecule has 5 rings (SSSR count). The number of anilines is 1. The molecule has 34 heavy (non-hydrogen) atoms. The van der Waals surface area contributed by atoms with Crippen molar-refractivity contribution in [2.75, 3.05) is 24.2 Å². The van der Waals surface area contributed by atoms with E-state index in [9.17, 15) is 13.2 Å². The molecule has 1 amide bonds. The standard InChI is InChI=1S/C26H30N4O3S/c1-17-21-13-12-20(34(2,32)33)15-24(21)29-26(27-17)30-14-6-9-19(16-30)25(31)28-23-11-5-8-18-7-3-4-10-22(18)23/h3-4,7,10,12-13,15,19,23H,5-6,8-9,11,14,16H2,1-2H3,(H,28,31)/t19-,23-/m1/s1. The Labute approximate surface area is 200 Å². The number of piperidine rings is 1. The first-order chi connectivity index (χ1) is 16.3. The van der Waals surface area contributed by atoms with Crippen molar-refractivity contribution in [2.45, 2.75) is 50.0 Å². The van der Waals surface area contributed by atoms with Crippen molar-refractivity contribution in [2.24, 2.45) is 5.92 Å². The maximum atomic E-state index is 13.2. The van der Waals surface area contributed by atoms with E-state index in [1.807, 2.05) is 13.0 Å². The smallest absolute Gasteiger partial charge is 0.226 e. The number of benzene rings is 2. The fourth-order valence-electron chi connectivity index (χ4n) is 5.19. The number of fused-ring (bicyclic) bond motifs is 2. The number of nitrogens with one attached hydrogen (secondary N) is 1. The number of carbonyl (C=O) groups excluding carboxylic acids is 1. The van der Waals surface area contributed by atoms with E-state index in [1.165, 1.54) is 17.4 Å². The molecule has 3 aromatic rings. The van der Waals surface area contributed by atoms with E-state index >= 15 is 0 Å². The fourth-order valence-corrected chi connectivity index (χ4v) is 5.83. The van der Waals surface area contributed by atoms with E-state index in [2.05, 4.69) is 33.4 Å². The summed E-state index contributed by atoms with van der Waals surface area (Å²) in [5.74, 6) is 0.504. The second kappa shape index (κ2) is 8.98. The number of hydrogen-bond donors (Lipinski definition) is 1. The van der Waals surface area contributed by atoms with Crippen LogP contribution >= 0.6 is 0 Å². The molecular formula is C26H30N4O3S. The highest BCUT2D eigenvalue weighted by Crippen LogP contribution is 2.31. The van der Waals surface area contributed by atoms with Gasteiger partial charge >= 0.3 is 0 Å². The highest BCUT2D eigenvalue weighted by molar-refractivity contribution is 7.90. The van der Waals surface area contributed by atoms with Gasteiger partial charge in [0.1, 0.15) is 0 Å². The molecule has 2 aromatic carbocycles. The lowest BCUT2D eigenvalue weighted by Crippen LogP contribution is -2.45. The van der Waals surface area contributed by atoms with E-state index in [-0.39, 0.29) is 22.8 Å². The topological polar surface area (TPSA) is 92.3 Å². The number of rotatable bonds is 4. The van der Waals surface area contributed by atoms with Gasteiger partial charge in [0, 0.05) is 24.7 Å². The third-order valence-electron chi connectivity index (χ3n) is 7.04. The van der Waals surface area contributed by atoms with Gasteiger partial charge in [-0.1, -0.05) is 24.3 Å². The van der Waals surface area contributed by atoms with Crippen molar-refractivity contribution < 1.29 is 13.2 Å². The number of amides is 1. The molecule has 2 atom stereocenters. The Morgan fingerprint density at radius 2 is 1.91 bits per heavy atom. The van der Waals surface area contributed by atoms with Crippen LogP contribution in [0, 0.1) is 12.8 Å². The molecule has 8 heteroatoms. The highest BCUT2D eigenvalue weighted by Gasteiger charge is 2.30. The summed E-state index contributed by atoms with van der Waals surface area (Å²) >= 11 is 0. The molecule has 1 saturated heterocycles. The van der Waals surface area contributed by atoms with Gasteiger partial charge in [-0.25, -0.2) is 18.4 Å². The van der Waals surface area contributed by atoms with E-state index in [0.29, 0.717) is 18.0 Å². The summed E-state index contributed by atoms with van der Waals surface area (Å²) < 4.78 is 24.0. The van der Waals surface area contributed by atoms with Crippen LogP contribution in [0.3, 0.4) is 0 Å². The van der Waals surface area contributed by atoms with Crippen LogP contribution in [0.15, 0.2) is 47.4 Å². The maximum Gasteiger partial charge on any atom is 0.226 e. The van der Waals surface area contributed by atoms with Crippen molar-refractivity contribution >= 4 is 32.6 Å². The normalized spacial score (nSPS) is 20.7. The van der Waals surface area contributed by atoms with Crippen LogP contribution in [-0.4, -0.2) is 43.6 Å². The molecule has 1 aliphatic carbocycles. The van der Waals surface area contributed by atoms with E-state index in [1.54, 1.807) is 18.2 Å². The number of hydrogen-bond acceptors (Lipinski definition) is 6. The third kappa shape index (κ3) is 4.51. The Hall–Kier alpha value is -3.00. The molecule has 7 nitrogen and oxygen atoms in total. The number of aromatic nitrogens is 2. The van der Waals surface area contributed by atoms with Gasteiger partial charge in [-0.2, -0.15) is 0 Å². The van der Waals surface area contributed by atoms with Gasteiger partial charge in [0.2, 0.25) is 11.9 Å². The number of sulfone groups is 1. The second-order valence-electron chi connectivity index (χ2n) is 9.50. The van der Waals surface area contributed by atoms with Gasteiger partial charge in [-0.15, -0.1) is 0 Å². The molecule has 0 unspecified atom stereocenters. The molecule has 2 heterocycles. The van der Waals surface area contributed by atoms with Crippen LogP contribution in [0.5, 0.6) is 0 Å².